The maximum absolute atomic E-state index is 10.7. The molecule has 1 aromatic rings. The van der Waals surface area contributed by atoms with E-state index in [9.17, 15) is 4.79 Å². The first-order valence-electron chi connectivity index (χ1n) is 5.14. The van der Waals surface area contributed by atoms with Gasteiger partial charge in [-0.05, 0) is 31.0 Å². The molecule has 3 heteroatoms. The summed E-state index contributed by atoms with van der Waals surface area (Å²) in [6, 6.07) is 5.53. The molecule has 0 bridgehead atoms. The Morgan fingerprint density at radius 3 is 2.67 bits per heavy atom. The number of hydrogen-bond donors (Lipinski definition) is 0. The zero-order valence-electron chi connectivity index (χ0n) is 9.06. The molecule has 0 amide bonds. The molecule has 15 heavy (non-hydrogen) atoms. The molecule has 80 valence electrons. The highest BCUT2D eigenvalue weighted by atomic mass is 16.5. The maximum atomic E-state index is 10.7. The molecule has 1 aliphatic rings. The summed E-state index contributed by atoms with van der Waals surface area (Å²) in [5, 5.41) is 0. The van der Waals surface area contributed by atoms with E-state index in [0.29, 0.717) is 11.7 Å². The van der Waals surface area contributed by atoms with E-state index in [1.165, 1.54) is 0 Å². The first-order valence-corrected chi connectivity index (χ1v) is 5.14. The zero-order chi connectivity index (χ0) is 10.8. The van der Waals surface area contributed by atoms with Crippen LogP contribution in [0.25, 0.3) is 0 Å². The lowest BCUT2D eigenvalue weighted by Crippen LogP contribution is -2.11. The molecule has 0 N–H and O–H groups in total. The second-order valence-electron chi connectivity index (χ2n) is 4.06. The Bertz CT molecular complexity index is 370. The topological polar surface area (TPSA) is 29.5 Å². The Kier molecular flexibility index (Phi) is 2.62. The van der Waals surface area contributed by atoms with Gasteiger partial charge in [0.05, 0.1) is 11.8 Å². The van der Waals surface area contributed by atoms with Crippen molar-refractivity contribution in [2.24, 2.45) is 0 Å². The van der Waals surface area contributed by atoms with Crippen molar-refractivity contribution in [1.82, 2.24) is 0 Å². The molecule has 0 radical (unpaired) electrons. The van der Waals surface area contributed by atoms with Crippen LogP contribution in [0.15, 0.2) is 18.2 Å². The van der Waals surface area contributed by atoms with Gasteiger partial charge in [0.25, 0.3) is 0 Å². The predicted octanol–water partition coefficient (Wildman–Crippen LogP) is 2.11. The summed E-state index contributed by atoms with van der Waals surface area (Å²) in [7, 11) is 3.94. The van der Waals surface area contributed by atoms with Gasteiger partial charge < -0.3 is 9.64 Å². The lowest BCUT2D eigenvalue weighted by atomic mass is 10.2. The van der Waals surface area contributed by atoms with E-state index in [0.717, 1.165) is 30.6 Å². The first-order chi connectivity index (χ1) is 7.20. The smallest absolute Gasteiger partial charge is 0.150 e. The van der Waals surface area contributed by atoms with E-state index in [-0.39, 0.29) is 0 Å². The van der Waals surface area contributed by atoms with Gasteiger partial charge in [-0.25, -0.2) is 0 Å². The summed E-state index contributed by atoms with van der Waals surface area (Å²) in [6.45, 7) is 0. The number of benzene rings is 1. The number of carbonyl (C=O) groups is 1. The third-order valence-corrected chi connectivity index (χ3v) is 2.42. The Hall–Kier alpha value is -1.51. The number of rotatable bonds is 4. The largest absolute Gasteiger partial charge is 0.488 e. The van der Waals surface area contributed by atoms with E-state index in [1.807, 2.05) is 31.1 Å². The van der Waals surface area contributed by atoms with Crippen molar-refractivity contribution in [3.05, 3.63) is 23.8 Å². The molecular weight excluding hydrogens is 190 g/mol. The standard InChI is InChI=1S/C12H15NO2/c1-13(2)11-6-3-9(8-14)7-12(11)15-10-4-5-10/h3,6-8,10H,4-5H2,1-2H3. The van der Waals surface area contributed by atoms with Crippen LogP contribution in [0.4, 0.5) is 5.69 Å². The molecule has 1 aromatic carbocycles. The van der Waals surface area contributed by atoms with Crippen LogP contribution >= 0.6 is 0 Å². The van der Waals surface area contributed by atoms with Crippen LogP contribution in [-0.2, 0) is 0 Å². The second-order valence-corrected chi connectivity index (χ2v) is 4.06. The van der Waals surface area contributed by atoms with Gasteiger partial charge in [-0.2, -0.15) is 0 Å². The summed E-state index contributed by atoms with van der Waals surface area (Å²) in [6.07, 6.45) is 3.45. The fourth-order valence-electron chi connectivity index (χ4n) is 1.43. The number of anilines is 1. The van der Waals surface area contributed by atoms with E-state index in [1.54, 1.807) is 6.07 Å². The predicted molar refractivity (Wildman–Crippen MR) is 59.8 cm³/mol. The molecule has 0 atom stereocenters. The highest BCUT2D eigenvalue weighted by Crippen LogP contribution is 2.33. The highest BCUT2D eigenvalue weighted by Gasteiger charge is 2.24. The van der Waals surface area contributed by atoms with Gasteiger partial charge >= 0.3 is 0 Å². The summed E-state index contributed by atoms with van der Waals surface area (Å²) < 4.78 is 5.76. The van der Waals surface area contributed by atoms with Gasteiger partial charge in [0.1, 0.15) is 12.0 Å². The summed E-state index contributed by atoms with van der Waals surface area (Å²) in [5.41, 5.74) is 1.68. The quantitative estimate of drug-likeness (QED) is 0.705. The second kappa shape index (κ2) is 3.93. The molecule has 0 spiro atoms. The molecule has 0 saturated heterocycles. The lowest BCUT2D eigenvalue weighted by Gasteiger charge is -2.17. The van der Waals surface area contributed by atoms with Crippen molar-refractivity contribution < 1.29 is 9.53 Å². The zero-order valence-corrected chi connectivity index (χ0v) is 9.06. The lowest BCUT2D eigenvalue weighted by molar-refractivity contribution is 0.112. The van der Waals surface area contributed by atoms with Crippen LogP contribution in [-0.4, -0.2) is 26.5 Å². The van der Waals surface area contributed by atoms with Crippen molar-refractivity contribution in [2.75, 3.05) is 19.0 Å². The molecule has 1 aliphatic carbocycles. The van der Waals surface area contributed by atoms with Gasteiger partial charge in [0.15, 0.2) is 0 Å². The third kappa shape index (κ3) is 2.29. The van der Waals surface area contributed by atoms with E-state index in [2.05, 4.69) is 0 Å². The average molecular weight is 205 g/mol. The van der Waals surface area contributed by atoms with Gasteiger partial charge in [0, 0.05) is 19.7 Å². The molecule has 2 rings (SSSR count). The summed E-state index contributed by atoms with van der Waals surface area (Å²) in [4.78, 5) is 12.7. The van der Waals surface area contributed by atoms with Gasteiger partial charge in [0.2, 0.25) is 0 Å². The van der Waals surface area contributed by atoms with E-state index in [4.69, 9.17) is 4.74 Å². The fourth-order valence-corrected chi connectivity index (χ4v) is 1.43. The van der Waals surface area contributed by atoms with Crippen LogP contribution in [0, 0.1) is 0 Å². The molecule has 0 aliphatic heterocycles. The maximum Gasteiger partial charge on any atom is 0.150 e. The van der Waals surface area contributed by atoms with Gasteiger partial charge in [-0.1, -0.05) is 0 Å². The van der Waals surface area contributed by atoms with Crippen LogP contribution < -0.4 is 9.64 Å². The molecule has 1 fully saturated rings. The van der Waals surface area contributed by atoms with Crippen LogP contribution in [0.3, 0.4) is 0 Å². The minimum Gasteiger partial charge on any atom is -0.488 e. The Morgan fingerprint density at radius 2 is 2.13 bits per heavy atom. The van der Waals surface area contributed by atoms with Crippen molar-refractivity contribution in [3.8, 4) is 5.75 Å². The fraction of sp³-hybridized carbons (Fsp3) is 0.417. The van der Waals surface area contributed by atoms with Crippen molar-refractivity contribution in [2.45, 2.75) is 18.9 Å². The summed E-state index contributed by atoms with van der Waals surface area (Å²) in [5.74, 6) is 0.812. The average Bonchev–Trinajstić information content (AvgIpc) is 3.01. The number of carbonyl (C=O) groups excluding carboxylic acids is 1. The van der Waals surface area contributed by atoms with Crippen LogP contribution in [0.2, 0.25) is 0 Å². The molecular formula is C12H15NO2. The SMILES string of the molecule is CN(C)c1ccc(C=O)cc1OC1CC1. The Labute approximate surface area is 89.7 Å². The Balaban J connectivity index is 2.30. The third-order valence-electron chi connectivity index (χ3n) is 2.42. The molecule has 0 unspecified atom stereocenters. The minimum atomic E-state index is 0.352. The van der Waals surface area contributed by atoms with E-state index < -0.39 is 0 Å². The van der Waals surface area contributed by atoms with Gasteiger partial charge in [-0.15, -0.1) is 0 Å². The Morgan fingerprint density at radius 1 is 1.40 bits per heavy atom. The monoisotopic (exact) mass is 205 g/mol. The molecule has 0 heterocycles. The van der Waals surface area contributed by atoms with Crippen LogP contribution in [0.1, 0.15) is 23.2 Å². The minimum absolute atomic E-state index is 0.352. The normalized spacial score (nSPS) is 14.8. The molecule has 3 nitrogen and oxygen atoms in total. The van der Waals surface area contributed by atoms with Gasteiger partial charge in [-0.3, -0.25) is 4.79 Å². The van der Waals surface area contributed by atoms with Crippen LogP contribution in [0.5, 0.6) is 5.75 Å². The first kappa shape index (κ1) is 10.0. The number of hydrogen-bond acceptors (Lipinski definition) is 3. The number of nitrogens with zero attached hydrogens (tertiary/aromatic N) is 1. The van der Waals surface area contributed by atoms with Crippen molar-refractivity contribution in [1.29, 1.82) is 0 Å². The molecule has 0 aromatic heterocycles. The van der Waals surface area contributed by atoms with E-state index >= 15 is 0 Å². The van der Waals surface area contributed by atoms with Crippen molar-refractivity contribution in [3.63, 3.8) is 0 Å². The van der Waals surface area contributed by atoms with Crippen molar-refractivity contribution >= 4 is 12.0 Å². The summed E-state index contributed by atoms with van der Waals surface area (Å²) >= 11 is 0. The number of ether oxygens (including phenoxy) is 1. The highest BCUT2D eigenvalue weighted by molar-refractivity contribution is 5.78. The molecule has 1 saturated carbocycles. The number of aldehydes is 1.